The molecular weight excluding hydrogens is 176 g/mol. The summed E-state index contributed by atoms with van der Waals surface area (Å²) in [6.07, 6.45) is 4.02. The van der Waals surface area contributed by atoms with Gasteiger partial charge in [-0.15, -0.1) is 0 Å². The smallest absolute Gasteiger partial charge is 0.163 e. The van der Waals surface area contributed by atoms with Crippen molar-refractivity contribution in [3.05, 3.63) is 22.8 Å². The molecule has 0 radical (unpaired) electrons. The minimum absolute atomic E-state index is 0.00329. The Hall–Kier alpha value is -1.18. The summed E-state index contributed by atoms with van der Waals surface area (Å²) in [5.41, 5.74) is 2.36. The largest absolute Gasteiger partial charge is 0.294 e. The summed E-state index contributed by atoms with van der Waals surface area (Å²) in [5, 5.41) is 0. The molecule has 0 saturated heterocycles. The van der Waals surface area contributed by atoms with Gasteiger partial charge in [-0.05, 0) is 26.7 Å². The number of allylic oxidation sites excluding steroid dienone is 4. The Morgan fingerprint density at radius 2 is 2.07 bits per heavy atom. The van der Waals surface area contributed by atoms with Crippen LogP contribution in [0.25, 0.3) is 0 Å². The minimum atomic E-state index is -0.00329. The van der Waals surface area contributed by atoms with Crippen LogP contribution < -0.4 is 0 Å². The Morgan fingerprint density at radius 3 is 2.43 bits per heavy atom. The van der Waals surface area contributed by atoms with Gasteiger partial charge in [0.1, 0.15) is 0 Å². The lowest BCUT2D eigenvalue weighted by molar-refractivity contribution is -0.117. The Balaban J connectivity index is 3.12. The summed E-state index contributed by atoms with van der Waals surface area (Å²) in [6.45, 7) is 5.43. The van der Waals surface area contributed by atoms with E-state index in [1.165, 1.54) is 6.92 Å². The lowest BCUT2D eigenvalue weighted by Crippen LogP contribution is -2.07. The molecule has 0 bridgehead atoms. The molecule has 0 heterocycles. The maximum Gasteiger partial charge on any atom is 0.163 e. The third-order valence-electron chi connectivity index (χ3n) is 2.49. The first-order chi connectivity index (χ1) is 6.57. The summed E-state index contributed by atoms with van der Waals surface area (Å²) < 4.78 is 0. The van der Waals surface area contributed by atoms with E-state index in [4.69, 9.17) is 0 Å². The van der Waals surface area contributed by atoms with Crippen molar-refractivity contribution in [3.63, 3.8) is 0 Å². The predicted molar refractivity (Wildman–Crippen MR) is 56.0 cm³/mol. The molecule has 0 aromatic heterocycles. The van der Waals surface area contributed by atoms with Gasteiger partial charge in [-0.2, -0.15) is 0 Å². The van der Waals surface area contributed by atoms with Crippen LogP contribution in [0.2, 0.25) is 0 Å². The van der Waals surface area contributed by atoms with E-state index in [0.717, 1.165) is 18.4 Å². The average Bonchev–Trinajstić information content (AvgIpc) is 2.43. The maximum absolute atomic E-state index is 11.6. The normalized spacial score (nSPS) is 17.9. The Bertz CT molecular complexity index is 332. The molecule has 0 amide bonds. The second-order valence-electron chi connectivity index (χ2n) is 3.66. The number of carbonyl (C=O) groups excluding carboxylic acids is 2. The predicted octanol–water partition coefficient (Wildman–Crippen LogP) is 2.59. The topological polar surface area (TPSA) is 34.1 Å². The van der Waals surface area contributed by atoms with Crippen molar-refractivity contribution in [3.8, 4) is 0 Å². The first-order valence-corrected chi connectivity index (χ1v) is 5.02. The van der Waals surface area contributed by atoms with Crippen LogP contribution in [0.1, 0.15) is 40.0 Å². The maximum atomic E-state index is 11.6. The van der Waals surface area contributed by atoms with Crippen molar-refractivity contribution < 1.29 is 9.59 Å². The Kier molecular flexibility index (Phi) is 3.39. The number of Topliss-reactive ketones (excluding diaryl/α,β-unsaturated/α-hetero) is 2. The van der Waals surface area contributed by atoms with Gasteiger partial charge >= 0.3 is 0 Å². The fourth-order valence-corrected chi connectivity index (χ4v) is 1.80. The Morgan fingerprint density at radius 1 is 1.43 bits per heavy atom. The fraction of sp³-hybridized carbons (Fsp3) is 0.500. The third-order valence-corrected chi connectivity index (χ3v) is 2.49. The molecule has 0 spiro atoms. The number of hydrogen-bond acceptors (Lipinski definition) is 2. The summed E-state index contributed by atoms with van der Waals surface area (Å²) in [6, 6.07) is 0. The number of hydrogen-bond donors (Lipinski definition) is 0. The second kappa shape index (κ2) is 4.36. The molecular formula is C12H16O2. The molecule has 0 aromatic carbocycles. The van der Waals surface area contributed by atoms with E-state index in [1.54, 1.807) is 0 Å². The van der Waals surface area contributed by atoms with E-state index in [-0.39, 0.29) is 11.6 Å². The monoisotopic (exact) mass is 192 g/mol. The SMILES string of the molecule is CC/C=C(/C(C)=O)C1=C(C)CCC1=O. The molecule has 0 saturated carbocycles. The highest BCUT2D eigenvalue weighted by Gasteiger charge is 2.24. The molecule has 0 unspecified atom stereocenters. The number of carbonyl (C=O) groups is 2. The summed E-state index contributed by atoms with van der Waals surface area (Å²) in [4.78, 5) is 22.9. The van der Waals surface area contributed by atoms with Gasteiger partial charge < -0.3 is 0 Å². The van der Waals surface area contributed by atoms with Gasteiger partial charge in [0, 0.05) is 17.6 Å². The zero-order valence-corrected chi connectivity index (χ0v) is 9.02. The minimum Gasteiger partial charge on any atom is -0.294 e. The fourth-order valence-electron chi connectivity index (χ4n) is 1.80. The lowest BCUT2D eigenvalue weighted by Gasteiger charge is -2.04. The van der Waals surface area contributed by atoms with Crippen molar-refractivity contribution in [1.29, 1.82) is 0 Å². The molecule has 76 valence electrons. The molecule has 1 aliphatic carbocycles. The first-order valence-electron chi connectivity index (χ1n) is 5.02. The standard InChI is InChI=1S/C12H16O2/c1-4-5-10(9(3)13)12-8(2)6-7-11(12)14/h5H,4,6-7H2,1-3H3/b10-5-. The van der Waals surface area contributed by atoms with Gasteiger partial charge in [0.25, 0.3) is 0 Å². The highest BCUT2D eigenvalue weighted by atomic mass is 16.1. The summed E-state index contributed by atoms with van der Waals surface area (Å²) in [5.74, 6) is 0.119. The van der Waals surface area contributed by atoms with E-state index in [0.29, 0.717) is 17.6 Å². The van der Waals surface area contributed by atoms with Crippen molar-refractivity contribution in [2.45, 2.75) is 40.0 Å². The third kappa shape index (κ3) is 2.00. The molecule has 1 aliphatic rings. The molecule has 0 aliphatic heterocycles. The van der Waals surface area contributed by atoms with E-state index in [9.17, 15) is 9.59 Å². The van der Waals surface area contributed by atoms with Crippen molar-refractivity contribution >= 4 is 11.6 Å². The van der Waals surface area contributed by atoms with Crippen molar-refractivity contribution in [1.82, 2.24) is 0 Å². The van der Waals surface area contributed by atoms with Gasteiger partial charge in [0.05, 0.1) is 0 Å². The first kappa shape index (κ1) is 10.9. The van der Waals surface area contributed by atoms with Crippen LogP contribution in [0, 0.1) is 0 Å². The van der Waals surface area contributed by atoms with E-state index >= 15 is 0 Å². The lowest BCUT2D eigenvalue weighted by atomic mass is 9.98. The Labute approximate surface area is 84.7 Å². The van der Waals surface area contributed by atoms with Gasteiger partial charge in [0.2, 0.25) is 0 Å². The highest BCUT2D eigenvalue weighted by Crippen LogP contribution is 2.28. The average molecular weight is 192 g/mol. The zero-order chi connectivity index (χ0) is 10.7. The zero-order valence-electron chi connectivity index (χ0n) is 9.02. The molecule has 0 fully saturated rings. The van der Waals surface area contributed by atoms with Crippen LogP contribution in [-0.2, 0) is 9.59 Å². The van der Waals surface area contributed by atoms with Crippen LogP contribution >= 0.6 is 0 Å². The second-order valence-corrected chi connectivity index (χ2v) is 3.66. The number of ketones is 2. The molecule has 0 N–H and O–H groups in total. The molecule has 2 nitrogen and oxygen atoms in total. The van der Waals surface area contributed by atoms with Gasteiger partial charge in [-0.1, -0.05) is 18.6 Å². The van der Waals surface area contributed by atoms with Crippen LogP contribution in [0.5, 0.6) is 0 Å². The quantitative estimate of drug-likeness (QED) is 0.644. The van der Waals surface area contributed by atoms with Gasteiger partial charge in [-0.3, -0.25) is 9.59 Å². The van der Waals surface area contributed by atoms with Crippen LogP contribution in [-0.4, -0.2) is 11.6 Å². The molecule has 1 rings (SSSR count). The van der Waals surface area contributed by atoms with Crippen LogP contribution in [0.15, 0.2) is 22.8 Å². The summed E-state index contributed by atoms with van der Waals surface area (Å²) >= 11 is 0. The van der Waals surface area contributed by atoms with Gasteiger partial charge in [0.15, 0.2) is 11.6 Å². The van der Waals surface area contributed by atoms with Crippen molar-refractivity contribution in [2.75, 3.05) is 0 Å². The number of rotatable bonds is 3. The van der Waals surface area contributed by atoms with Crippen molar-refractivity contribution in [2.24, 2.45) is 0 Å². The molecule has 14 heavy (non-hydrogen) atoms. The highest BCUT2D eigenvalue weighted by molar-refractivity contribution is 6.13. The van der Waals surface area contributed by atoms with Crippen LogP contribution in [0.4, 0.5) is 0 Å². The van der Waals surface area contributed by atoms with E-state index in [2.05, 4.69) is 0 Å². The summed E-state index contributed by atoms with van der Waals surface area (Å²) in [7, 11) is 0. The molecule has 0 atom stereocenters. The van der Waals surface area contributed by atoms with Crippen LogP contribution in [0.3, 0.4) is 0 Å². The van der Waals surface area contributed by atoms with Gasteiger partial charge in [-0.25, -0.2) is 0 Å². The molecule has 2 heteroatoms. The molecule has 0 aromatic rings. The van der Waals surface area contributed by atoms with E-state index in [1.807, 2.05) is 19.9 Å². The van der Waals surface area contributed by atoms with E-state index < -0.39 is 0 Å².